The monoisotopic (exact) mass is 335 g/mol. The van der Waals surface area contributed by atoms with Crippen LogP contribution >= 0.6 is 0 Å². The fourth-order valence-corrected chi connectivity index (χ4v) is 2.74. The molecule has 0 amide bonds. The summed E-state index contributed by atoms with van der Waals surface area (Å²) in [6, 6.07) is 17.7. The minimum atomic E-state index is -0.261. The van der Waals surface area contributed by atoms with Gasteiger partial charge in [-0.25, -0.2) is 0 Å². The molecule has 0 spiro atoms. The summed E-state index contributed by atoms with van der Waals surface area (Å²) < 4.78 is 10.6. The van der Waals surface area contributed by atoms with Crippen molar-refractivity contribution in [1.82, 2.24) is 0 Å². The van der Waals surface area contributed by atoms with Crippen LogP contribution in [0.2, 0.25) is 0 Å². The number of hydrogen-bond acceptors (Lipinski definition) is 4. The van der Waals surface area contributed by atoms with Crippen molar-refractivity contribution in [2.75, 3.05) is 13.7 Å². The summed E-state index contributed by atoms with van der Waals surface area (Å²) >= 11 is 0. The zero-order valence-electron chi connectivity index (χ0n) is 14.5. The first-order valence-electron chi connectivity index (χ1n) is 8.26. The van der Waals surface area contributed by atoms with Crippen LogP contribution in [0.15, 0.2) is 70.9 Å². The molecular formula is C21H21NO3. The summed E-state index contributed by atoms with van der Waals surface area (Å²) in [6.45, 7) is 2.51. The molecule has 25 heavy (non-hydrogen) atoms. The van der Waals surface area contributed by atoms with Gasteiger partial charge in [0.25, 0.3) is 0 Å². The van der Waals surface area contributed by atoms with E-state index in [2.05, 4.69) is 19.1 Å². The number of carbonyl (C=O) groups is 1. The highest BCUT2D eigenvalue weighted by Crippen LogP contribution is 2.24. The van der Waals surface area contributed by atoms with Gasteiger partial charge >= 0.3 is 5.97 Å². The number of esters is 1. The number of allylic oxidation sites excluding steroid dienone is 1. The van der Waals surface area contributed by atoms with Gasteiger partial charge in [-0.15, -0.1) is 0 Å². The molecule has 1 aliphatic rings. The first kappa shape index (κ1) is 17.0. The fraction of sp³-hybridized carbons (Fsp3) is 0.238. The molecule has 2 aromatic carbocycles. The van der Waals surface area contributed by atoms with Crippen molar-refractivity contribution in [3.63, 3.8) is 0 Å². The third-order valence-electron chi connectivity index (χ3n) is 4.15. The summed E-state index contributed by atoms with van der Waals surface area (Å²) in [5.74, 6) is 0.466. The van der Waals surface area contributed by atoms with E-state index in [1.54, 1.807) is 0 Å². The van der Waals surface area contributed by atoms with E-state index in [-0.39, 0.29) is 12.4 Å². The normalized spacial score (nSPS) is 13.6. The molecule has 1 heterocycles. The molecule has 0 unspecified atom stereocenters. The van der Waals surface area contributed by atoms with Gasteiger partial charge < -0.3 is 9.47 Å². The van der Waals surface area contributed by atoms with Crippen LogP contribution in [0, 0.1) is 0 Å². The minimum absolute atomic E-state index is 0.242. The molecule has 0 fully saturated rings. The quantitative estimate of drug-likeness (QED) is 0.751. The molecule has 4 nitrogen and oxygen atoms in total. The van der Waals surface area contributed by atoms with Crippen molar-refractivity contribution < 1.29 is 14.3 Å². The Bertz CT molecular complexity index is 822. The Balaban J connectivity index is 1.65. The summed E-state index contributed by atoms with van der Waals surface area (Å²) in [5.41, 5.74) is 5.30. The van der Waals surface area contributed by atoms with Crippen LogP contribution in [-0.2, 0) is 16.0 Å². The first-order valence-corrected chi connectivity index (χ1v) is 8.26. The summed E-state index contributed by atoms with van der Waals surface area (Å²) in [6.07, 6.45) is 1.09. The van der Waals surface area contributed by atoms with Gasteiger partial charge in [0.1, 0.15) is 12.4 Å². The predicted octanol–water partition coefficient (Wildman–Crippen LogP) is 3.95. The van der Waals surface area contributed by atoms with E-state index < -0.39 is 0 Å². The Morgan fingerprint density at radius 2 is 1.92 bits per heavy atom. The van der Waals surface area contributed by atoms with Gasteiger partial charge in [-0.05, 0) is 35.8 Å². The number of nitrogens with zero attached hydrogens (tertiary/aromatic N) is 1. The highest BCUT2D eigenvalue weighted by molar-refractivity contribution is 6.04. The number of hydrogen-bond donors (Lipinski definition) is 0. The largest absolute Gasteiger partial charge is 0.487 e. The van der Waals surface area contributed by atoms with Crippen LogP contribution < -0.4 is 4.74 Å². The van der Waals surface area contributed by atoms with Gasteiger partial charge in [0.2, 0.25) is 0 Å². The van der Waals surface area contributed by atoms with E-state index in [9.17, 15) is 4.79 Å². The van der Waals surface area contributed by atoms with E-state index >= 15 is 0 Å². The Labute approximate surface area is 147 Å². The molecule has 0 saturated carbocycles. The van der Waals surface area contributed by atoms with Gasteiger partial charge in [0.15, 0.2) is 0 Å². The molecule has 0 bridgehead atoms. The molecule has 4 heteroatoms. The summed E-state index contributed by atoms with van der Waals surface area (Å²) in [5, 5.41) is 0. The number of ether oxygens (including phenoxy) is 2. The third kappa shape index (κ3) is 4.35. The van der Waals surface area contributed by atoms with Crippen molar-refractivity contribution in [2.24, 2.45) is 4.99 Å². The van der Waals surface area contributed by atoms with Crippen LogP contribution in [0.4, 0.5) is 0 Å². The molecule has 0 aliphatic carbocycles. The molecular weight excluding hydrogens is 314 g/mol. The molecule has 1 aliphatic heterocycles. The standard InChI is InChI=1S/C21H21NO3/c1-15-11-19(17-8-4-3-5-9-17)22-20(15)14-25-18-10-6-7-16(12-18)13-21(23)24-2/h3-10,12H,11,13-14H2,1-2H3. The zero-order chi connectivity index (χ0) is 17.6. The molecule has 0 radical (unpaired) electrons. The van der Waals surface area contributed by atoms with Crippen molar-refractivity contribution in [3.8, 4) is 5.75 Å². The smallest absolute Gasteiger partial charge is 0.309 e. The topological polar surface area (TPSA) is 47.9 Å². The second kappa shape index (κ2) is 7.79. The van der Waals surface area contributed by atoms with E-state index in [0.29, 0.717) is 6.61 Å². The number of rotatable bonds is 6. The summed E-state index contributed by atoms with van der Waals surface area (Å²) in [7, 11) is 1.39. The minimum Gasteiger partial charge on any atom is -0.487 e. The molecule has 3 rings (SSSR count). The van der Waals surface area contributed by atoms with E-state index in [1.807, 2.05) is 42.5 Å². The van der Waals surface area contributed by atoms with Crippen molar-refractivity contribution in [3.05, 3.63) is 77.0 Å². The van der Waals surface area contributed by atoms with Crippen LogP contribution in [-0.4, -0.2) is 25.4 Å². The number of carbonyl (C=O) groups excluding carboxylic acids is 1. The van der Waals surface area contributed by atoms with E-state index in [0.717, 1.165) is 34.7 Å². The Morgan fingerprint density at radius 1 is 1.12 bits per heavy atom. The van der Waals surface area contributed by atoms with Gasteiger partial charge in [0, 0.05) is 6.42 Å². The van der Waals surface area contributed by atoms with E-state index in [1.165, 1.54) is 12.7 Å². The van der Waals surface area contributed by atoms with Crippen molar-refractivity contribution >= 4 is 11.7 Å². The number of benzene rings is 2. The lowest BCUT2D eigenvalue weighted by Gasteiger charge is -2.08. The average Bonchev–Trinajstić information content (AvgIpc) is 3.02. The zero-order valence-corrected chi connectivity index (χ0v) is 14.5. The van der Waals surface area contributed by atoms with Crippen molar-refractivity contribution in [2.45, 2.75) is 19.8 Å². The molecule has 128 valence electrons. The van der Waals surface area contributed by atoms with Crippen LogP contribution in [0.1, 0.15) is 24.5 Å². The molecule has 0 saturated heterocycles. The molecule has 0 aromatic heterocycles. The lowest BCUT2D eigenvalue weighted by Crippen LogP contribution is -2.05. The average molecular weight is 335 g/mol. The number of methoxy groups -OCH3 is 1. The fourth-order valence-electron chi connectivity index (χ4n) is 2.74. The van der Waals surface area contributed by atoms with E-state index in [4.69, 9.17) is 14.5 Å². The SMILES string of the molecule is COC(=O)Cc1cccc(OCC2=C(C)CC(c3ccccc3)=N2)c1. The second-order valence-electron chi connectivity index (χ2n) is 6.02. The highest BCUT2D eigenvalue weighted by atomic mass is 16.5. The first-order chi connectivity index (χ1) is 12.2. The maximum absolute atomic E-state index is 11.4. The summed E-state index contributed by atoms with van der Waals surface area (Å²) in [4.78, 5) is 16.1. The molecule has 0 N–H and O–H groups in total. The molecule has 2 aromatic rings. The van der Waals surface area contributed by atoms with Gasteiger partial charge in [-0.3, -0.25) is 9.79 Å². The maximum atomic E-state index is 11.4. The maximum Gasteiger partial charge on any atom is 0.309 e. The lowest BCUT2D eigenvalue weighted by molar-refractivity contribution is -0.139. The lowest BCUT2D eigenvalue weighted by atomic mass is 10.1. The van der Waals surface area contributed by atoms with Gasteiger partial charge in [-0.1, -0.05) is 42.5 Å². The Morgan fingerprint density at radius 3 is 2.68 bits per heavy atom. The predicted molar refractivity (Wildman–Crippen MR) is 98.0 cm³/mol. The second-order valence-corrected chi connectivity index (χ2v) is 6.02. The van der Waals surface area contributed by atoms with Crippen LogP contribution in [0.5, 0.6) is 5.75 Å². The van der Waals surface area contributed by atoms with Gasteiger partial charge in [-0.2, -0.15) is 0 Å². The highest BCUT2D eigenvalue weighted by Gasteiger charge is 2.16. The Kier molecular flexibility index (Phi) is 5.29. The Hall–Kier alpha value is -2.88. The van der Waals surface area contributed by atoms with Crippen LogP contribution in [0.3, 0.4) is 0 Å². The molecule has 0 atom stereocenters. The number of aliphatic imine (C=N–C) groups is 1. The third-order valence-corrected chi connectivity index (χ3v) is 4.15. The van der Waals surface area contributed by atoms with Crippen LogP contribution in [0.25, 0.3) is 0 Å². The van der Waals surface area contributed by atoms with Crippen molar-refractivity contribution in [1.29, 1.82) is 0 Å². The van der Waals surface area contributed by atoms with Gasteiger partial charge in [0.05, 0.1) is 24.9 Å².